The molecule has 0 saturated heterocycles. The molecule has 2 rings (SSSR count). The molecule has 1 heterocycles. The molecule has 0 aromatic heterocycles. The van der Waals surface area contributed by atoms with Crippen molar-refractivity contribution < 1.29 is 4.79 Å². The fraction of sp³-hybridized carbons (Fsp3) is 0.375. The van der Waals surface area contributed by atoms with Crippen molar-refractivity contribution in [3.8, 4) is 6.07 Å². The first-order chi connectivity index (χ1) is 10.7. The summed E-state index contributed by atoms with van der Waals surface area (Å²) in [7, 11) is 0. The van der Waals surface area contributed by atoms with Gasteiger partial charge in [-0.1, -0.05) is 0 Å². The van der Waals surface area contributed by atoms with Crippen molar-refractivity contribution in [1.29, 1.82) is 5.26 Å². The van der Waals surface area contributed by atoms with Crippen LogP contribution in [-0.2, 0) is 4.79 Å². The van der Waals surface area contributed by atoms with Crippen LogP contribution in [0.3, 0.4) is 0 Å². The zero-order valence-corrected chi connectivity index (χ0v) is 13.2. The maximum Gasteiger partial charge on any atom is 0.244 e. The van der Waals surface area contributed by atoms with E-state index in [1.807, 2.05) is 17.5 Å². The van der Waals surface area contributed by atoms with Gasteiger partial charge in [-0.05, 0) is 48.9 Å². The van der Waals surface area contributed by atoms with Crippen LogP contribution in [0.15, 0.2) is 35.9 Å². The molecule has 22 heavy (non-hydrogen) atoms. The van der Waals surface area contributed by atoms with Gasteiger partial charge in [0, 0.05) is 18.4 Å². The molecule has 116 valence electrons. The Bertz CT molecular complexity index is 565. The van der Waals surface area contributed by atoms with Crippen LogP contribution in [0.2, 0.25) is 0 Å². The Balaban J connectivity index is 1.61. The molecule has 1 aliphatic heterocycles. The first-order valence-electron chi connectivity index (χ1n) is 7.29. The van der Waals surface area contributed by atoms with Crippen LogP contribution >= 0.6 is 11.8 Å². The summed E-state index contributed by atoms with van der Waals surface area (Å²) >= 11 is 1.60. The van der Waals surface area contributed by atoms with Gasteiger partial charge in [0.2, 0.25) is 5.91 Å². The van der Waals surface area contributed by atoms with Crippen molar-refractivity contribution in [2.45, 2.75) is 25.3 Å². The molecule has 1 aliphatic rings. The van der Waals surface area contributed by atoms with Crippen LogP contribution in [0.25, 0.3) is 0 Å². The number of nitriles is 1. The number of benzene rings is 1. The molecule has 1 aromatic rings. The number of carbonyl (C=O) groups excluding carboxylic acids is 1. The summed E-state index contributed by atoms with van der Waals surface area (Å²) in [4.78, 5) is 13.7. The third-order valence-corrected chi connectivity index (χ3v) is 4.18. The van der Waals surface area contributed by atoms with Crippen molar-refractivity contribution in [3.63, 3.8) is 0 Å². The summed E-state index contributed by atoms with van der Waals surface area (Å²) in [6.45, 7) is 0.826. The Labute approximate surface area is 135 Å². The minimum absolute atomic E-state index is 0.00121. The second-order valence-electron chi connectivity index (χ2n) is 5.11. The standard InChI is InChI=1S/C16H20N4OS/c17-11-13-4-6-14(7-5-13)19-8-2-1-3-15(18)16(21)20-9-10-22-12-20/h4-7,9-10,15,19H,1-3,8,12,18H2/t15-/m0/s1. The molecule has 1 atom stereocenters. The highest BCUT2D eigenvalue weighted by Gasteiger charge is 2.20. The van der Waals surface area contributed by atoms with Gasteiger partial charge in [-0.2, -0.15) is 5.26 Å². The number of hydrogen-bond donors (Lipinski definition) is 2. The van der Waals surface area contributed by atoms with E-state index >= 15 is 0 Å². The zero-order chi connectivity index (χ0) is 15.8. The van der Waals surface area contributed by atoms with E-state index in [0.29, 0.717) is 17.9 Å². The summed E-state index contributed by atoms with van der Waals surface area (Å²) in [6, 6.07) is 9.04. The van der Waals surface area contributed by atoms with Crippen molar-refractivity contribution >= 4 is 23.4 Å². The van der Waals surface area contributed by atoms with Crippen LogP contribution in [0.5, 0.6) is 0 Å². The third-order valence-electron chi connectivity index (χ3n) is 3.44. The molecule has 0 bridgehead atoms. The molecular weight excluding hydrogens is 296 g/mol. The summed E-state index contributed by atoms with van der Waals surface area (Å²) < 4.78 is 0. The van der Waals surface area contributed by atoms with Crippen molar-refractivity contribution in [3.05, 3.63) is 41.4 Å². The molecule has 0 aliphatic carbocycles. The Morgan fingerprint density at radius 3 is 2.82 bits per heavy atom. The highest BCUT2D eigenvalue weighted by atomic mass is 32.2. The van der Waals surface area contributed by atoms with E-state index in [1.165, 1.54) is 0 Å². The monoisotopic (exact) mass is 316 g/mol. The number of unbranched alkanes of at least 4 members (excludes halogenated alkanes) is 1. The van der Waals surface area contributed by atoms with E-state index in [-0.39, 0.29) is 5.91 Å². The number of nitrogens with one attached hydrogen (secondary N) is 1. The number of nitrogens with zero attached hydrogens (tertiary/aromatic N) is 2. The molecule has 0 saturated carbocycles. The lowest BCUT2D eigenvalue weighted by Crippen LogP contribution is -2.40. The van der Waals surface area contributed by atoms with E-state index in [0.717, 1.165) is 25.1 Å². The number of nitrogens with two attached hydrogens (primary N) is 1. The molecule has 0 spiro atoms. The largest absolute Gasteiger partial charge is 0.385 e. The summed E-state index contributed by atoms with van der Waals surface area (Å²) in [5.74, 6) is 0.675. The second-order valence-corrected chi connectivity index (χ2v) is 5.97. The van der Waals surface area contributed by atoms with Gasteiger partial charge in [0.15, 0.2) is 0 Å². The van der Waals surface area contributed by atoms with E-state index in [9.17, 15) is 4.79 Å². The minimum atomic E-state index is -0.418. The fourth-order valence-electron chi connectivity index (χ4n) is 2.14. The number of rotatable bonds is 7. The van der Waals surface area contributed by atoms with Gasteiger partial charge >= 0.3 is 0 Å². The summed E-state index contributed by atoms with van der Waals surface area (Å²) in [6.07, 6.45) is 4.34. The Morgan fingerprint density at radius 1 is 1.41 bits per heavy atom. The average Bonchev–Trinajstić information content (AvgIpc) is 3.08. The molecule has 5 nitrogen and oxygen atoms in total. The highest BCUT2D eigenvalue weighted by Crippen LogP contribution is 2.16. The van der Waals surface area contributed by atoms with Gasteiger partial charge < -0.3 is 16.0 Å². The maximum absolute atomic E-state index is 12.0. The Hall–Kier alpha value is -1.97. The van der Waals surface area contributed by atoms with Gasteiger partial charge in [0.05, 0.1) is 23.6 Å². The lowest BCUT2D eigenvalue weighted by atomic mass is 10.1. The summed E-state index contributed by atoms with van der Waals surface area (Å²) in [5.41, 5.74) is 7.59. The quantitative estimate of drug-likeness (QED) is 0.755. The van der Waals surface area contributed by atoms with Gasteiger partial charge in [0.1, 0.15) is 0 Å². The predicted molar refractivity (Wildman–Crippen MR) is 89.9 cm³/mol. The van der Waals surface area contributed by atoms with Gasteiger partial charge in [0.25, 0.3) is 0 Å². The van der Waals surface area contributed by atoms with Crippen LogP contribution in [0.4, 0.5) is 5.69 Å². The third kappa shape index (κ3) is 4.79. The molecule has 1 aromatic carbocycles. The number of hydrogen-bond acceptors (Lipinski definition) is 5. The van der Waals surface area contributed by atoms with Crippen LogP contribution in [0, 0.1) is 11.3 Å². The molecule has 3 N–H and O–H groups in total. The second kappa shape index (κ2) is 8.47. The lowest BCUT2D eigenvalue weighted by Gasteiger charge is -2.18. The average molecular weight is 316 g/mol. The number of thioether (sulfide) groups is 1. The first-order valence-corrected chi connectivity index (χ1v) is 8.34. The van der Waals surface area contributed by atoms with Gasteiger partial charge in [-0.3, -0.25) is 4.79 Å². The summed E-state index contributed by atoms with van der Waals surface area (Å²) in [5, 5.41) is 13.9. The Morgan fingerprint density at radius 2 is 2.18 bits per heavy atom. The normalized spacial score (nSPS) is 14.6. The number of anilines is 1. The number of amides is 1. The van der Waals surface area contributed by atoms with Crippen molar-refractivity contribution in [2.75, 3.05) is 17.7 Å². The van der Waals surface area contributed by atoms with E-state index in [1.54, 1.807) is 35.0 Å². The Kier molecular flexibility index (Phi) is 6.31. The van der Waals surface area contributed by atoms with E-state index in [2.05, 4.69) is 11.4 Å². The van der Waals surface area contributed by atoms with Crippen LogP contribution in [-0.4, -0.2) is 29.3 Å². The zero-order valence-electron chi connectivity index (χ0n) is 12.4. The van der Waals surface area contributed by atoms with Crippen LogP contribution < -0.4 is 11.1 Å². The smallest absolute Gasteiger partial charge is 0.244 e. The molecule has 0 radical (unpaired) electrons. The van der Waals surface area contributed by atoms with Gasteiger partial charge in [-0.15, -0.1) is 11.8 Å². The molecule has 0 unspecified atom stereocenters. The van der Waals surface area contributed by atoms with E-state index in [4.69, 9.17) is 11.0 Å². The maximum atomic E-state index is 12.0. The predicted octanol–water partition coefficient (Wildman–Crippen LogP) is 2.47. The fourth-order valence-corrected chi connectivity index (χ4v) is 2.83. The molecule has 6 heteroatoms. The van der Waals surface area contributed by atoms with Crippen molar-refractivity contribution in [1.82, 2.24) is 4.90 Å². The van der Waals surface area contributed by atoms with Crippen LogP contribution in [0.1, 0.15) is 24.8 Å². The van der Waals surface area contributed by atoms with Gasteiger partial charge in [-0.25, -0.2) is 0 Å². The van der Waals surface area contributed by atoms with Crippen molar-refractivity contribution in [2.24, 2.45) is 5.73 Å². The topological polar surface area (TPSA) is 82.1 Å². The minimum Gasteiger partial charge on any atom is -0.385 e. The SMILES string of the molecule is N#Cc1ccc(NCCCC[C@H](N)C(=O)N2C=CSC2)cc1. The number of carbonyl (C=O) groups is 1. The lowest BCUT2D eigenvalue weighted by molar-refractivity contribution is -0.129. The highest BCUT2D eigenvalue weighted by molar-refractivity contribution is 8.02. The first kappa shape index (κ1) is 16.4. The van der Waals surface area contributed by atoms with E-state index < -0.39 is 6.04 Å². The molecule has 1 amide bonds. The molecular formula is C16H20N4OS. The molecule has 0 fully saturated rings.